The number of aromatic nitrogens is 4. The van der Waals surface area contributed by atoms with Gasteiger partial charge < -0.3 is 9.72 Å². The minimum Gasteiger partial charge on any atom is -0.376 e. The first kappa shape index (κ1) is 18.9. The lowest BCUT2D eigenvalue weighted by Gasteiger charge is -2.17. The lowest BCUT2D eigenvalue weighted by molar-refractivity contribution is 0.0965. The van der Waals surface area contributed by atoms with E-state index in [9.17, 15) is 14.4 Å². The maximum atomic E-state index is 13.1. The molecule has 1 aliphatic heterocycles. The van der Waals surface area contributed by atoms with Crippen molar-refractivity contribution in [3.05, 3.63) is 54.2 Å². The second-order valence-corrected chi connectivity index (χ2v) is 8.60. The highest BCUT2D eigenvalue weighted by Gasteiger charge is 2.24. The maximum absolute atomic E-state index is 13.1. The van der Waals surface area contributed by atoms with Crippen LogP contribution in [0.2, 0.25) is 0 Å². The first-order valence-corrected chi connectivity index (χ1v) is 10.3. The van der Waals surface area contributed by atoms with Crippen molar-refractivity contribution in [2.24, 2.45) is 0 Å². The molecule has 1 fully saturated rings. The van der Waals surface area contributed by atoms with Crippen molar-refractivity contribution in [3.63, 3.8) is 0 Å². The summed E-state index contributed by atoms with van der Waals surface area (Å²) in [5.74, 6) is 0. The summed E-state index contributed by atoms with van der Waals surface area (Å²) in [4.78, 5) is 42.3. The van der Waals surface area contributed by atoms with E-state index in [1.807, 2.05) is 20.8 Å². The summed E-state index contributed by atoms with van der Waals surface area (Å²) in [5.41, 5.74) is 0.0661. The van der Waals surface area contributed by atoms with Gasteiger partial charge in [0.25, 0.3) is 5.56 Å². The lowest BCUT2D eigenvalue weighted by atomic mass is 10.2. The Morgan fingerprint density at radius 1 is 1.32 bits per heavy atom. The van der Waals surface area contributed by atoms with E-state index in [2.05, 4.69) is 4.98 Å². The van der Waals surface area contributed by atoms with Crippen molar-refractivity contribution in [2.75, 3.05) is 6.61 Å². The fraction of sp³-hybridized carbons (Fsp3) is 0.526. The molecule has 28 heavy (non-hydrogen) atoms. The van der Waals surface area contributed by atoms with Gasteiger partial charge in [-0.3, -0.25) is 18.5 Å². The van der Waals surface area contributed by atoms with Gasteiger partial charge in [-0.1, -0.05) is 0 Å². The minimum absolute atomic E-state index is 0.0165. The second kappa shape index (κ2) is 7.21. The Hall–Kier alpha value is -2.39. The van der Waals surface area contributed by atoms with E-state index in [0.29, 0.717) is 29.9 Å². The zero-order valence-corrected chi connectivity index (χ0v) is 17.0. The molecule has 1 N–H and O–H groups in total. The van der Waals surface area contributed by atoms with Crippen LogP contribution in [0, 0.1) is 6.92 Å². The summed E-state index contributed by atoms with van der Waals surface area (Å²) in [5, 5.41) is 0.565. The average Bonchev–Trinajstić information content (AvgIpc) is 3.35. The minimum atomic E-state index is -0.297. The standard InChI is InChI=1S/C19H24N4O4S/c1-11(2)23-16(24)15-12(3)14(10-21-7-6-20-18(21)25)28-17(15)22(19(23)26)9-13-5-4-8-27-13/h6-7,11,13H,4-5,8-10H2,1-3H3,(H,20,25). The van der Waals surface area contributed by atoms with Gasteiger partial charge >= 0.3 is 11.4 Å². The van der Waals surface area contributed by atoms with Crippen LogP contribution in [0.1, 0.15) is 43.2 Å². The predicted molar refractivity (Wildman–Crippen MR) is 109 cm³/mol. The van der Waals surface area contributed by atoms with E-state index < -0.39 is 0 Å². The molecule has 4 heterocycles. The fourth-order valence-corrected chi connectivity index (χ4v) is 5.10. The van der Waals surface area contributed by atoms with Crippen LogP contribution in [0.5, 0.6) is 0 Å². The number of ether oxygens (including phenoxy) is 1. The molecule has 9 heteroatoms. The zero-order chi connectivity index (χ0) is 20.0. The van der Waals surface area contributed by atoms with E-state index in [-0.39, 0.29) is 29.1 Å². The Morgan fingerprint density at radius 2 is 2.11 bits per heavy atom. The first-order valence-electron chi connectivity index (χ1n) is 9.51. The third-order valence-corrected chi connectivity index (χ3v) is 6.60. The van der Waals surface area contributed by atoms with Crippen molar-refractivity contribution in [3.8, 4) is 0 Å². The molecule has 0 aliphatic carbocycles. The predicted octanol–water partition coefficient (Wildman–Crippen LogP) is 1.83. The average molecular weight is 404 g/mol. The molecule has 3 aromatic rings. The maximum Gasteiger partial charge on any atom is 0.332 e. The highest BCUT2D eigenvalue weighted by molar-refractivity contribution is 7.18. The van der Waals surface area contributed by atoms with E-state index in [4.69, 9.17) is 4.74 Å². The van der Waals surface area contributed by atoms with E-state index in [1.165, 1.54) is 15.9 Å². The number of fused-ring (bicyclic) bond motifs is 1. The van der Waals surface area contributed by atoms with Crippen molar-refractivity contribution >= 4 is 21.6 Å². The van der Waals surface area contributed by atoms with Gasteiger partial charge in [-0.2, -0.15) is 0 Å². The highest BCUT2D eigenvalue weighted by atomic mass is 32.1. The molecule has 3 aromatic heterocycles. The molecule has 4 rings (SSSR count). The lowest BCUT2D eigenvalue weighted by Crippen LogP contribution is -2.42. The Kier molecular flexibility index (Phi) is 4.88. The molecule has 0 radical (unpaired) electrons. The largest absolute Gasteiger partial charge is 0.376 e. The molecule has 0 amide bonds. The third kappa shape index (κ3) is 3.08. The van der Waals surface area contributed by atoms with Crippen LogP contribution >= 0.6 is 11.3 Å². The van der Waals surface area contributed by atoms with Crippen molar-refractivity contribution in [2.45, 2.75) is 58.8 Å². The number of hydrogen-bond acceptors (Lipinski definition) is 5. The van der Waals surface area contributed by atoms with Gasteiger partial charge in [-0.15, -0.1) is 11.3 Å². The summed E-state index contributed by atoms with van der Waals surface area (Å²) >= 11 is 1.41. The van der Waals surface area contributed by atoms with Crippen molar-refractivity contribution in [1.82, 2.24) is 18.7 Å². The quantitative estimate of drug-likeness (QED) is 0.702. The summed E-state index contributed by atoms with van der Waals surface area (Å²) in [6, 6.07) is -0.241. The monoisotopic (exact) mass is 404 g/mol. The Morgan fingerprint density at radius 3 is 2.71 bits per heavy atom. The number of nitrogens with zero attached hydrogens (tertiary/aromatic N) is 3. The Balaban J connectivity index is 1.93. The second-order valence-electron chi connectivity index (χ2n) is 7.52. The van der Waals surface area contributed by atoms with Gasteiger partial charge in [0.05, 0.1) is 24.6 Å². The van der Waals surface area contributed by atoms with Crippen molar-refractivity contribution in [1.29, 1.82) is 0 Å². The number of aryl methyl sites for hydroxylation is 1. The van der Waals surface area contributed by atoms with Crippen LogP contribution in [0.4, 0.5) is 0 Å². The number of hydrogen-bond donors (Lipinski definition) is 1. The van der Waals surface area contributed by atoms with Gasteiger partial charge in [0.2, 0.25) is 0 Å². The van der Waals surface area contributed by atoms with Crippen LogP contribution in [-0.2, 0) is 17.8 Å². The molecule has 1 saturated heterocycles. The summed E-state index contributed by atoms with van der Waals surface area (Å²) in [7, 11) is 0. The highest BCUT2D eigenvalue weighted by Crippen LogP contribution is 2.29. The number of H-pyrrole nitrogens is 1. The Labute approximate surface area is 165 Å². The Bertz CT molecular complexity index is 1190. The van der Waals surface area contributed by atoms with E-state index in [1.54, 1.807) is 21.5 Å². The van der Waals surface area contributed by atoms with Gasteiger partial charge in [0.1, 0.15) is 4.83 Å². The third-order valence-electron chi connectivity index (χ3n) is 5.30. The fourth-order valence-electron chi connectivity index (χ4n) is 3.80. The molecule has 0 spiro atoms. The molecule has 150 valence electrons. The first-order chi connectivity index (χ1) is 13.4. The number of thiophene rings is 1. The zero-order valence-electron chi connectivity index (χ0n) is 16.2. The molecule has 1 unspecified atom stereocenters. The van der Waals surface area contributed by atoms with Crippen LogP contribution in [0.3, 0.4) is 0 Å². The van der Waals surface area contributed by atoms with Crippen LogP contribution in [0.15, 0.2) is 26.8 Å². The molecular weight excluding hydrogens is 380 g/mol. The number of imidazole rings is 1. The summed E-state index contributed by atoms with van der Waals surface area (Å²) < 4.78 is 10.3. The SMILES string of the molecule is Cc1c(Cn2cc[nH]c2=O)sc2c1c(=O)n(C(C)C)c(=O)n2CC1CCCO1. The molecule has 0 bridgehead atoms. The molecular formula is C19H24N4O4S. The van der Waals surface area contributed by atoms with Gasteiger partial charge in [0.15, 0.2) is 0 Å². The summed E-state index contributed by atoms with van der Waals surface area (Å²) in [6.07, 6.45) is 5.14. The molecule has 0 aromatic carbocycles. The number of nitrogens with one attached hydrogen (secondary N) is 1. The van der Waals surface area contributed by atoms with E-state index in [0.717, 1.165) is 23.3 Å². The molecule has 8 nitrogen and oxygen atoms in total. The normalized spacial score (nSPS) is 17.2. The van der Waals surface area contributed by atoms with Gasteiger partial charge in [-0.25, -0.2) is 9.59 Å². The van der Waals surface area contributed by atoms with Crippen LogP contribution in [0.25, 0.3) is 10.2 Å². The van der Waals surface area contributed by atoms with Crippen LogP contribution in [-0.4, -0.2) is 31.4 Å². The van der Waals surface area contributed by atoms with Gasteiger partial charge in [0, 0.05) is 29.9 Å². The topological polar surface area (TPSA) is 91.0 Å². The van der Waals surface area contributed by atoms with Gasteiger partial charge in [-0.05, 0) is 39.2 Å². The number of rotatable bonds is 5. The van der Waals surface area contributed by atoms with Crippen LogP contribution < -0.4 is 16.9 Å². The summed E-state index contributed by atoms with van der Waals surface area (Å²) in [6.45, 7) is 7.07. The smallest absolute Gasteiger partial charge is 0.332 e. The molecule has 0 saturated carbocycles. The van der Waals surface area contributed by atoms with E-state index >= 15 is 0 Å². The molecule has 1 aliphatic rings. The van der Waals surface area contributed by atoms with Crippen molar-refractivity contribution < 1.29 is 4.74 Å². The number of aromatic amines is 1. The molecule has 1 atom stereocenters.